The Morgan fingerprint density at radius 3 is 2.42 bits per heavy atom. The Hall–Kier alpha value is -2.04. The minimum absolute atomic E-state index is 0.291. The number of methoxy groups -OCH3 is 1. The Bertz CT molecular complexity index is 489. The number of carbonyl (C=O) groups is 2. The summed E-state index contributed by atoms with van der Waals surface area (Å²) in [6, 6.07) is 3.42. The molecule has 0 radical (unpaired) electrons. The highest BCUT2D eigenvalue weighted by Gasteiger charge is 2.18. The van der Waals surface area contributed by atoms with Gasteiger partial charge in [0.15, 0.2) is 6.29 Å². The smallest absolute Gasteiger partial charge is 0.412 e. The lowest BCUT2D eigenvalue weighted by Gasteiger charge is -2.20. The van der Waals surface area contributed by atoms with Gasteiger partial charge in [0.25, 0.3) is 0 Å². The highest BCUT2D eigenvalue weighted by atomic mass is 16.6. The van der Waals surface area contributed by atoms with Crippen LogP contribution in [-0.2, 0) is 4.74 Å². The lowest BCUT2D eigenvalue weighted by atomic mass is 10.1. The lowest BCUT2D eigenvalue weighted by molar-refractivity contribution is 0.0636. The maximum absolute atomic E-state index is 11.7. The van der Waals surface area contributed by atoms with E-state index in [2.05, 4.69) is 5.32 Å². The summed E-state index contributed by atoms with van der Waals surface area (Å²) in [6.07, 6.45) is 0.0357. The number of carbonyl (C=O) groups excluding carboxylic acids is 2. The first-order valence-corrected chi connectivity index (χ1v) is 5.90. The van der Waals surface area contributed by atoms with Gasteiger partial charge < -0.3 is 9.47 Å². The molecule has 0 aliphatic rings. The molecule has 1 amide bonds. The Balaban J connectivity index is 3.03. The largest absolute Gasteiger partial charge is 0.496 e. The number of ether oxygens (including phenoxy) is 2. The van der Waals surface area contributed by atoms with E-state index in [0.29, 0.717) is 23.3 Å². The van der Waals surface area contributed by atoms with Gasteiger partial charge in [0.2, 0.25) is 0 Å². The monoisotopic (exact) mass is 265 g/mol. The van der Waals surface area contributed by atoms with Gasteiger partial charge in [-0.15, -0.1) is 0 Å². The molecule has 0 aliphatic heterocycles. The van der Waals surface area contributed by atoms with Gasteiger partial charge >= 0.3 is 6.09 Å². The van der Waals surface area contributed by atoms with Gasteiger partial charge in [-0.3, -0.25) is 10.1 Å². The Kier molecular flexibility index (Phi) is 4.53. The molecule has 0 aromatic heterocycles. The van der Waals surface area contributed by atoms with Crippen molar-refractivity contribution < 1.29 is 19.1 Å². The predicted octanol–water partition coefficient (Wildman–Crippen LogP) is 3.16. The molecule has 0 saturated heterocycles. The first kappa shape index (κ1) is 15.0. The second kappa shape index (κ2) is 5.73. The van der Waals surface area contributed by atoms with Crippen LogP contribution in [0.4, 0.5) is 10.5 Å². The molecular weight excluding hydrogens is 246 g/mol. The topological polar surface area (TPSA) is 64.6 Å². The molecule has 1 N–H and O–H groups in total. The molecule has 1 aromatic carbocycles. The van der Waals surface area contributed by atoms with Crippen LogP contribution in [0.2, 0.25) is 0 Å². The van der Waals surface area contributed by atoms with Crippen LogP contribution in [0.15, 0.2) is 12.1 Å². The maximum atomic E-state index is 11.7. The van der Waals surface area contributed by atoms with Crippen LogP contribution in [0.3, 0.4) is 0 Å². The van der Waals surface area contributed by atoms with Gasteiger partial charge in [-0.25, -0.2) is 4.79 Å². The number of aryl methyl sites for hydroxylation is 1. The van der Waals surface area contributed by atoms with Gasteiger partial charge in [0.05, 0.1) is 18.4 Å². The molecule has 0 unspecified atom stereocenters. The second-order valence-corrected chi connectivity index (χ2v) is 5.17. The van der Waals surface area contributed by atoms with Crippen molar-refractivity contribution in [1.82, 2.24) is 0 Å². The van der Waals surface area contributed by atoms with Crippen molar-refractivity contribution in [2.45, 2.75) is 33.3 Å². The van der Waals surface area contributed by atoms with Gasteiger partial charge in [-0.1, -0.05) is 0 Å². The SMILES string of the molecule is COc1cc(C)cc(NC(=O)OC(C)(C)C)c1C=O. The summed E-state index contributed by atoms with van der Waals surface area (Å²) in [5.74, 6) is 0.418. The van der Waals surface area contributed by atoms with Gasteiger partial charge in [-0.2, -0.15) is 0 Å². The van der Waals surface area contributed by atoms with Crippen LogP contribution in [0, 0.1) is 6.92 Å². The average molecular weight is 265 g/mol. The summed E-state index contributed by atoms with van der Waals surface area (Å²) in [5, 5.41) is 2.56. The fourth-order valence-electron chi connectivity index (χ4n) is 1.57. The van der Waals surface area contributed by atoms with Crippen LogP contribution < -0.4 is 10.1 Å². The fraction of sp³-hybridized carbons (Fsp3) is 0.429. The molecule has 5 heteroatoms. The number of nitrogens with one attached hydrogen (secondary N) is 1. The molecule has 0 heterocycles. The standard InChI is InChI=1S/C14H19NO4/c1-9-6-11(10(8-16)12(7-9)18-5)15-13(17)19-14(2,3)4/h6-8H,1-5H3,(H,15,17). The minimum atomic E-state index is -0.608. The molecule has 0 saturated carbocycles. The fourth-order valence-corrected chi connectivity index (χ4v) is 1.57. The highest BCUT2D eigenvalue weighted by molar-refractivity contribution is 5.95. The zero-order chi connectivity index (χ0) is 14.6. The van der Waals surface area contributed by atoms with Crippen molar-refractivity contribution >= 4 is 18.1 Å². The van der Waals surface area contributed by atoms with Gasteiger partial charge in [0.1, 0.15) is 11.4 Å². The van der Waals surface area contributed by atoms with E-state index in [4.69, 9.17) is 9.47 Å². The highest BCUT2D eigenvalue weighted by Crippen LogP contribution is 2.27. The van der Waals surface area contributed by atoms with Crippen LogP contribution in [0.1, 0.15) is 36.7 Å². The van der Waals surface area contributed by atoms with Crippen LogP contribution in [0.25, 0.3) is 0 Å². The maximum Gasteiger partial charge on any atom is 0.412 e. The van der Waals surface area contributed by atoms with Gasteiger partial charge in [-0.05, 0) is 45.4 Å². The number of rotatable bonds is 3. The third-order valence-corrected chi connectivity index (χ3v) is 2.26. The molecular formula is C14H19NO4. The molecule has 5 nitrogen and oxygen atoms in total. The summed E-state index contributed by atoms with van der Waals surface area (Å²) in [7, 11) is 1.47. The predicted molar refractivity (Wildman–Crippen MR) is 73.0 cm³/mol. The molecule has 104 valence electrons. The number of anilines is 1. The quantitative estimate of drug-likeness (QED) is 0.852. The summed E-state index contributed by atoms with van der Waals surface area (Å²) < 4.78 is 10.3. The Morgan fingerprint density at radius 2 is 1.95 bits per heavy atom. The van der Waals surface area contributed by atoms with E-state index in [1.54, 1.807) is 32.9 Å². The van der Waals surface area contributed by atoms with E-state index in [1.165, 1.54) is 7.11 Å². The summed E-state index contributed by atoms with van der Waals surface area (Å²) in [6.45, 7) is 7.15. The van der Waals surface area contributed by atoms with Crippen LogP contribution in [0.5, 0.6) is 5.75 Å². The molecule has 0 atom stereocenters. The molecule has 1 aromatic rings. The van der Waals surface area contributed by atoms with E-state index in [0.717, 1.165) is 5.56 Å². The normalized spacial score (nSPS) is 10.8. The number of aldehydes is 1. The molecule has 0 fully saturated rings. The Labute approximate surface area is 112 Å². The van der Waals surface area contributed by atoms with Crippen LogP contribution >= 0.6 is 0 Å². The zero-order valence-corrected chi connectivity index (χ0v) is 11.9. The number of benzene rings is 1. The van der Waals surface area contributed by atoms with Crippen molar-refractivity contribution in [2.24, 2.45) is 0 Å². The second-order valence-electron chi connectivity index (χ2n) is 5.17. The van der Waals surface area contributed by atoms with Crippen molar-refractivity contribution in [3.63, 3.8) is 0 Å². The number of hydrogen-bond donors (Lipinski definition) is 1. The van der Waals surface area contributed by atoms with Crippen molar-refractivity contribution in [1.29, 1.82) is 0 Å². The number of amides is 1. The molecule has 0 spiro atoms. The third kappa shape index (κ3) is 4.28. The van der Waals surface area contributed by atoms with Crippen molar-refractivity contribution in [3.8, 4) is 5.75 Å². The van der Waals surface area contributed by atoms with Gasteiger partial charge in [0, 0.05) is 0 Å². The van der Waals surface area contributed by atoms with E-state index in [9.17, 15) is 9.59 Å². The van der Waals surface area contributed by atoms with Crippen molar-refractivity contribution in [3.05, 3.63) is 23.3 Å². The van der Waals surface area contributed by atoms with Crippen molar-refractivity contribution in [2.75, 3.05) is 12.4 Å². The van der Waals surface area contributed by atoms with E-state index >= 15 is 0 Å². The Morgan fingerprint density at radius 1 is 1.32 bits per heavy atom. The molecule has 0 bridgehead atoms. The zero-order valence-electron chi connectivity index (χ0n) is 11.9. The lowest BCUT2D eigenvalue weighted by Crippen LogP contribution is -2.27. The number of hydrogen-bond acceptors (Lipinski definition) is 4. The average Bonchev–Trinajstić information content (AvgIpc) is 2.25. The minimum Gasteiger partial charge on any atom is -0.496 e. The third-order valence-electron chi connectivity index (χ3n) is 2.26. The summed E-state index contributed by atoms with van der Waals surface area (Å²) >= 11 is 0. The first-order valence-electron chi connectivity index (χ1n) is 5.90. The van der Waals surface area contributed by atoms with E-state index in [1.807, 2.05) is 6.92 Å². The van der Waals surface area contributed by atoms with Crippen LogP contribution in [-0.4, -0.2) is 25.1 Å². The summed E-state index contributed by atoms with van der Waals surface area (Å²) in [4.78, 5) is 22.8. The van der Waals surface area contributed by atoms with E-state index < -0.39 is 11.7 Å². The molecule has 19 heavy (non-hydrogen) atoms. The molecule has 0 aliphatic carbocycles. The first-order chi connectivity index (χ1) is 8.76. The van der Waals surface area contributed by atoms with E-state index in [-0.39, 0.29) is 0 Å². The summed E-state index contributed by atoms with van der Waals surface area (Å²) in [5.41, 5.74) is 0.938. The molecule has 1 rings (SSSR count).